The molecule has 1 fully saturated rings. The first-order valence-electron chi connectivity index (χ1n) is 7.32. The third-order valence-corrected chi connectivity index (χ3v) is 7.99. The minimum absolute atomic E-state index is 0.836. The first kappa shape index (κ1) is 17.1. The van der Waals surface area contributed by atoms with Crippen LogP contribution in [0.2, 0.25) is 6.04 Å². The highest BCUT2D eigenvalue weighted by atomic mass is 28.4. The van der Waals surface area contributed by atoms with Crippen molar-refractivity contribution >= 4 is 8.64 Å². The summed E-state index contributed by atoms with van der Waals surface area (Å²) in [6.45, 7) is 19.8. The average Bonchev–Trinajstić information content (AvgIpc) is 2.47. The minimum atomic E-state index is -2.14. The summed E-state index contributed by atoms with van der Waals surface area (Å²) >= 11 is 0. The molecule has 1 aliphatic rings. The largest absolute Gasteiger partial charge is 0.391 e. The van der Waals surface area contributed by atoms with Crippen LogP contribution in [0.5, 0.6) is 0 Å². The molecule has 20 heavy (non-hydrogen) atoms. The van der Waals surface area contributed by atoms with E-state index in [1.54, 1.807) is 0 Å². The zero-order chi connectivity index (χ0) is 14.8. The lowest BCUT2D eigenvalue weighted by Gasteiger charge is -2.48. The van der Waals surface area contributed by atoms with Crippen LogP contribution in [-0.4, -0.2) is 50.6 Å². The lowest BCUT2D eigenvalue weighted by Crippen LogP contribution is -2.69. The highest BCUT2D eigenvalue weighted by Crippen LogP contribution is 2.29. The molecule has 0 bridgehead atoms. The lowest BCUT2D eigenvalue weighted by atomic mass is 10.4. The van der Waals surface area contributed by atoms with Gasteiger partial charge in [0.15, 0.2) is 0 Å². The van der Waals surface area contributed by atoms with Crippen molar-refractivity contribution in [2.45, 2.75) is 18.9 Å². The summed E-state index contributed by atoms with van der Waals surface area (Å²) in [6.07, 6.45) is 10.2. The Labute approximate surface area is 125 Å². The topological polar surface area (TPSA) is 15.7 Å². The van der Waals surface area contributed by atoms with Gasteiger partial charge in [-0.3, -0.25) is 9.13 Å². The second-order valence-electron chi connectivity index (χ2n) is 5.01. The van der Waals surface area contributed by atoms with Gasteiger partial charge in [-0.15, -0.1) is 26.3 Å². The first-order chi connectivity index (χ1) is 9.75. The van der Waals surface area contributed by atoms with E-state index in [-0.39, 0.29) is 0 Å². The van der Waals surface area contributed by atoms with Gasteiger partial charge in [-0.25, -0.2) is 0 Å². The summed E-state index contributed by atoms with van der Waals surface area (Å²) in [5, 5.41) is 0. The quantitative estimate of drug-likeness (QED) is 0.454. The summed E-state index contributed by atoms with van der Waals surface area (Å²) in [7, 11) is -2.14. The molecule has 1 rings (SSSR count). The maximum atomic E-state index is 6.40. The summed E-state index contributed by atoms with van der Waals surface area (Å²) < 4.78 is 11.3. The molecule has 1 aliphatic heterocycles. The van der Waals surface area contributed by atoms with Crippen molar-refractivity contribution in [3.8, 4) is 0 Å². The van der Waals surface area contributed by atoms with Crippen LogP contribution < -0.4 is 0 Å². The van der Waals surface area contributed by atoms with Crippen molar-refractivity contribution in [3.05, 3.63) is 50.6 Å². The van der Waals surface area contributed by atoms with E-state index >= 15 is 0 Å². The van der Waals surface area contributed by atoms with Crippen LogP contribution in [0.1, 0.15) is 12.8 Å². The monoisotopic (exact) mass is 292 g/mol. The molecule has 0 unspecified atom stereocenters. The van der Waals surface area contributed by atoms with Crippen molar-refractivity contribution in [3.63, 3.8) is 0 Å². The molecule has 0 N–H and O–H groups in total. The molecule has 1 heterocycles. The van der Waals surface area contributed by atoms with Crippen molar-refractivity contribution in [1.29, 1.82) is 0 Å². The highest BCUT2D eigenvalue weighted by Gasteiger charge is 2.48. The first-order valence-corrected chi connectivity index (χ1v) is 9.33. The van der Waals surface area contributed by atoms with Crippen LogP contribution in [0.15, 0.2) is 50.6 Å². The Morgan fingerprint density at radius 3 is 1.55 bits per heavy atom. The second-order valence-corrected chi connectivity index (χ2v) is 8.55. The van der Waals surface area contributed by atoms with Crippen molar-refractivity contribution in [2.75, 3.05) is 32.8 Å². The number of hydrogen-bond acceptors (Lipinski definition) is 3. The molecule has 1 saturated heterocycles. The lowest BCUT2D eigenvalue weighted by molar-refractivity contribution is 0.165. The Morgan fingerprint density at radius 1 is 0.800 bits per heavy atom. The van der Waals surface area contributed by atoms with Gasteiger partial charge in [0.25, 0.3) is 0 Å². The van der Waals surface area contributed by atoms with Gasteiger partial charge in [-0.2, -0.15) is 0 Å². The minimum Gasteiger partial charge on any atom is -0.391 e. The zero-order valence-electron chi connectivity index (χ0n) is 12.6. The van der Waals surface area contributed by atoms with Gasteiger partial charge in [-0.1, -0.05) is 24.3 Å². The summed E-state index contributed by atoms with van der Waals surface area (Å²) in [4.78, 5) is 0. The number of nitrogens with zero attached hydrogens (tertiary/aromatic N) is 2. The number of hydrogen-bond donors (Lipinski definition) is 0. The molecular formula is C16H28N2OSi. The van der Waals surface area contributed by atoms with Crippen LogP contribution in [-0.2, 0) is 4.43 Å². The van der Waals surface area contributed by atoms with Crippen LogP contribution in [0.4, 0.5) is 0 Å². The van der Waals surface area contributed by atoms with Crippen molar-refractivity contribution < 1.29 is 4.43 Å². The highest BCUT2D eigenvalue weighted by molar-refractivity contribution is 6.68. The molecule has 0 amide bonds. The van der Waals surface area contributed by atoms with Crippen LogP contribution in [0.25, 0.3) is 0 Å². The van der Waals surface area contributed by atoms with Gasteiger partial charge in [0.2, 0.25) is 0 Å². The molecule has 4 heteroatoms. The van der Waals surface area contributed by atoms with Gasteiger partial charge in [0, 0.05) is 32.8 Å². The molecule has 0 aliphatic carbocycles. The fourth-order valence-corrected chi connectivity index (χ4v) is 7.19. The molecule has 112 valence electrons. The summed E-state index contributed by atoms with van der Waals surface area (Å²) in [6, 6.07) is 1.12. The Balaban J connectivity index is 3.08. The Morgan fingerprint density at radius 2 is 1.25 bits per heavy atom. The molecule has 0 atom stereocenters. The fraction of sp³-hybridized carbons (Fsp3) is 0.500. The molecule has 0 saturated carbocycles. The summed E-state index contributed by atoms with van der Waals surface area (Å²) in [5.74, 6) is 0. The molecule has 0 aromatic rings. The Kier molecular flexibility index (Phi) is 7.77. The van der Waals surface area contributed by atoms with E-state index < -0.39 is 8.64 Å². The van der Waals surface area contributed by atoms with Gasteiger partial charge in [0.1, 0.15) is 0 Å². The maximum absolute atomic E-state index is 6.40. The molecule has 0 spiro atoms. The summed E-state index contributed by atoms with van der Waals surface area (Å²) in [5.41, 5.74) is 0. The van der Waals surface area contributed by atoms with Gasteiger partial charge in [-0.05, 0) is 18.9 Å². The fourth-order valence-electron chi connectivity index (χ4n) is 2.81. The molecular weight excluding hydrogens is 264 g/mol. The van der Waals surface area contributed by atoms with E-state index in [4.69, 9.17) is 4.43 Å². The third-order valence-electron chi connectivity index (χ3n) is 3.62. The van der Waals surface area contributed by atoms with Gasteiger partial charge >= 0.3 is 8.64 Å². The number of rotatable bonds is 10. The molecule has 0 aromatic heterocycles. The van der Waals surface area contributed by atoms with Gasteiger partial charge < -0.3 is 4.43 Å². The standard InChI is InChI=1S/C16H28N2OSi/c1-5-11-17(12-6-2)20(16-10-9-15-19-20)18(13-7-3)14-8-4/h5-8H,1-4,9-16H2. The Bertz CT molecular complexity index is 291. The zero-order valence-corrected chi connectivity index (χ0v) is 13.6. The van der Waals surface area contributed by atoms with Crippen LogP contribution in [0, 0.1) is 0 Å². The maximum Gasteiger partial charge on any atom is 0.358 e. The predicted molar refractivity (Wildman–Crippen MR) is 89.7 cm³/mol. The predicted octanol–water partition coefficient (Wildman–Crippen LogP) is 3.08. The molecule has 3 nitrogen and oxygen atoms in total. The smallest absolute Gasteiger partial charge is 0.358 e. The Hall–Kier alpha value is -0.943. The van der Waals surface area contributed by atoms with Crippen LogP contribution in [0.3, 0.4) is 0 Å². The SMILES string of the molecule is C=CCN(CC=C)[Si]1(N(CC=C)CC=C)CCCCO1. The third kappa shape index (κ3) is 4.02. The molecule has 0 aromatic carbocycles. The van der Waals surface area contributed by atoms with E-state index in [2.05, 4.69) is 35.4 Å². The van der Waals surface area contributed by atoms with Crippen LogP contribution >= 0.6 is 0 Å². The van der Waals surface area contributed by atoms with E-state index in [1.807, 2.05) is 24.3 Å². The molecule has 0 radical (unpaired) electrons. The normalized spacial score (nSPS) is 17.9. The van der Waals surface area contributed by atoms with E-state index in [1.165, 1.54) is 6.42 Å². The van der Waals surface area contributed by atoms with Gasteiger partial charge in [0.05, 0.1) is 0 Å². The van der Waals surface area contributed by atoms with Crippen molar-refractivity contribution in [2.24, 2.45) is 0 Å². The van der Waals surface area contributed by atoms with E-state index in [0.29, 0.717) is 0 Å². The second kappa shape index (κ2) is 9.08. The van der Waals surface area contributed by atoms with E-state index in [0.717, 1.165) is 45.3 Å². The average molecular weight is 292 g/mol. The van der Waals surface area contributed by atoms with Crippen molar-refractivity contribution in [1.82, 2.24) is 9.13 Å². The van der Waals surface area contributed by atoms with E-state index in [9.17, 15) is 0 Å².